The first kappa shape index (κ1) is 37.8. The van der Waals surface area contributed by atoms with Crippen molar-refractivity contribution in [3.8, 4) is 44.5 Å². The third-order valence-corrected chi connectivity index (χ3v) is 13.4. The van der Waals surface area contributed by atoms with Crippen LogP contribution in [0, 0.1) is 0 Å². The molecule has 0 saturated heterocycles. The average molecular weight is 840 g/mol. The Hall–Kier alpha value is -8.72. The Morgan fingerprint density at radius 2 is 0.848 bits per heavy atom. The van der Waals surface area contributed by atoms with Crippen molar-refractivity contribution in [3.63, 3.8) is 0 Å². The average Bonchev–Trinajstić information content (AvgIpc) is 3.79. The lowest BCUT2D eigenvalue weighted by atomic mass is 9.90. The van der Waals surface area contributed by atoms with Crippen LogP contribution in [0.25, 0.3) is 110 Å². The van der Waals surface area contributed by atoms with Crippen LogP contribution < -0.4 is 4.90 Å². The standard InChI is InChI=1S/C64H41NO/c1-3-15-42(16-4-1)43-29-31-46(32-30-43)59-41-50(35-37-52(59)44-17-5-2-6-18-44)65(61-27-14-28-62-63(61)58-36-33-45-19-7-10-23-54(45)64(58)66-62)49-34-38-53-47(39-49)21-13-26-56(53)60-40-48-20-8-9-22-51(48)55-24-11-12-25-57(55)60/h1-41H. The van der Waals surface area contributed by atoms with Crippen molar-refractivity contribution in [1.82, 2.24) is 0 Å². The quantitative estimate of drug-likeness (QED) is 0.149. The lowest BCUT2D eigenvalue weighted by Crippen LogP contribution is -2.10. The van der Waals surface area contributed by atoms with E-state index in [1.807, 2.05) is 0 Å². The van der Waals surface area contributed by atoms with Gasteiger partial charge in [-0.2, -0.15) is 0 Å². The first-order chi connectivity index (χ1) is 32.7. The van der Waals surface area contributed by atoms with Gasteiger partial charge in [-0.3, -0.25) is 0 Å². The number of benzene rings is 12. The minimum Gasteiger partial charge on any atom is -0.455 e. The number of rotatable bonds is 7. The predicted octanol–water partition coefficient (Wildman–Crippen LogP) is 18.3. The van der Waals surface area contributed by atoms with Crippen molar-refractivity contribution in [3.05, 3.63) is 249 Å². The Morgan fingerprint density at radius 1 is 0.273 bits per heavy atom. The van der Waals surface area contributed by atoms with Crippen molar-refractivity contribution in [2.45, 2.75) is 0 Å². The van der Waals surface area contributed by atoms with Gasteiger partial charge >= 0.3 is 0 Å². The van der Waals surface area contributed by atoms with Gasteiger partial charge < -0.3 is 9.32 Å². The van der Waals surface area contributed by atoms with Crippen LogP contribution in [0.4, 0.5) is 17.1 Å². The van der Waals surface area contributed by atoms with Crippen LogP contribution in [-0.4, -0.2) is 0 Å². The van der Waals surface area contributed by atoms with Crippen molar-refractivity contribution in [2.24, 2.45) is 0 Å². The van der Waals surface area contributed by atoms with Gasteiger partial charge in [0.05, 0.1) is 11.1 Å². The molecule has 0 atom stereocenters. The molecule has 0 radical (unpaired) electrons. The van der Waals surface area contributed by atoms with Crippen LogP contribution in [0.2, 0.25) is 0 Å². The first-order valence-corrected chi connectivity index (χ1v) is 22.7. The summed E-state index contributed by atoms with van der Waals surface area (Å²) < 4.78 is 6.82. The Labute approximate surface area is 382 Å². The molecule has 13 aromatic rings. The van der Waals surface area contributed by atoms with Gasteiger partial charge in [-0.1, -0.05) is 200 Å². The third-order valence-electron chi connectivity index (χ3n) is 13.4. The van der Waals surface area contributed by atoms with Crippen LogP contribution in [0.15, 0.2) is 253 Å². The van der Waals surface area contributed by atoms with E-state index in [0.717, 1.165) is 60.9 Å². The topological polar surface area (TPSA) is 16.4 Å². The van der Waals surface area contributed by atoms with Gasteiger partial charge in [-0.15, -0.1) is 0 Å². The number of anilines is 3. The van der Waals surface area contributed by atoms with Crippen LogP contribution in [0.3, 0.4) is 0 Å². The first-order valence-electron chi connectivity index (χ1n) is 22.7. The fraction of sp³-hybridized carbons (Fsp3) is 0. The smallest absolute Gasteiger partial charge is 0.143 e. The van der Waals surface area contributed by atoms with Crippen LogP contribution in [0.5, 0.6) is 0 Å². The zero-order chi connectivity index (χ0) is 43.6. The van der Waals surface area contributed by atoms with Gasteiger partial charge in [-0.25, -0.2) is 0 Å². The summed E-state index contributed by atoms with van der Waals surface area (Å²) >= 11 is 0. The van der Waals surface area contributed by atoms with Gasteiger partial charge in [0.15, 0.2) is 0 Å². The SMILES string of the molecule is c1ccc(-c2ccc(-c3cc(N(c4ccc5c(-c6cc7ccccc7c7ccccc67)cccc5c4)c4cccc5oc6c7ccccc7ccc6c45)ccc3-c3ccccc3)cc2)cc1. The van der Waals surface area contributed by atoms with Crippen molar-refractivity contribution < 1.29 is 4.42 Å². The highest BCUT2D eigenvalue weighted by Crippen LogP contribution is 2.48. The maximum absolute atomic E-state index is 6.82. The van der Waals surface area contributed by atoms with E-state index in [0.29, 0.717) is 0 Å². The number of nitrogens with zero attached hydrogens (tertiary/aromatic N) is 1. The van der Waals surface area contributed by atoms with E-state index in [4.69, 9.17) is 4.42 Å². The molecule has 13 rings (SSSR count). The van der Waals surface area contributed by atoms with Crippen molar-refractivity contribution in [1.29, 1.82) is 0 Å². The van der Waals surface area contributed by atoms with E-state index >= 15 is 0 Å². The van der Waals surface area contributed by atoms with Gasteiger partial charge in [0.25, 0.3) is 0 Å². The summed E-state index contributed by atoms with van der Waals surface area (Å²) in [5.74, 6) is 0. The molecule has 2 nitrogen and oxygen atoms in total. The molecule has 0 aliphatic carbocycles. The molecule has 1 aromatic heterocycles. The molecule has 0 unspecified atom stereocenters. The zero-order valence-electron chi connectivity index (χ0n) is 36.0. The molecule has 308 valence electrons. The fourth-order valence-corrected chi connectivity index (χ4v) is 10.3. The molecule has 0 bridgehead atoms. The molecule has 0 saturated carbocycles. The van der Waals surface area contributed by atoms with Crippen molar-refractivity contribution >= 4 is 82.1 Å². The third kappa shape index (κ3) is 6.26. The Bertz CT molecular complexity index is 3980. The number of hydrogen-bond donors (Lipinski definition) is 0. The van der Waals surface area contributed by atoms with E-state index in [1.165, 1.54) is 65.7 Å². The van der Waals surface area contributed by atoms with Gasteiger partial charge in [0, 0.05) is 22.1 Å². The highest BCUT2D eigenvalue weighted by Gasteiger charge is 2.23. The van der Waals surface area contributed by atoms with E-state index in [2.05, 4.69) is 254 Å². The van der Waals surface area contributed by atoms with Gasteiger partial charge in [0.1, 0.15) is 11.2 Å². The number of fused-ring (bicyclic) bond motifs is 9. The maximum atomic E-state index is 6.82. The second-order valence-electron chi connectivity index (χ2n) is 17.2. The molecule has 2 heteroatoms. The molecule has 12 aromatic carbocycles. The van der Waals surface area contributed by atoms with Crippen molar-refractivity contribution in [2.75, 3.05) is 4.90 Å². The molecule has 66 heavy (non-hydrogen) atoms. The van der Waals surface area contributed by atoms with E-state index in [1.54, 1.807) is 0 Å². The zero-order valence-corrected chi connectivity index (χ0v) is 36.0. The molecular weight excluding hydrogens is 799 g/mol. The predicted molar refractivity (Wildman–Crippen MR) is 280 cm³/mol. The van der Waals surface area contributed by atoms with Crippen LogP contribution >= 0.6 is 0 Å². The molecule has 0 aliphatic heterocycles. The largest absolute Gasteiger partial charge is 0.455 e. The van der Waals surface area contributed by atoms with E-state index in [-0.39, 0.29) is 0 Å². The summed E-state index contributed by atoms with van der Waals surface area (Å²) in [6, 6.07) is 90.3. The number of furan rings is 1. The van der Waals surface area contributed by atoms with Crippen LogP contribution in [-0.2, 0) is 0 Å². The Kier molecular flexibility index (Phi) is 8.89. The summed E-state index contributed by atoms with van der Waals surface area (Å²) in [5.41, 5.74) is 14.4. The summed E-state index contributed by atoms with van der Waals surface area (Å²) in [5, 5.41) is 11.8. The minimum absolute atomic E-state index is 0.854. The normalized spacial score (nSPS) is 11.6. The molecular formula is C64H41NO. The van der Waals surface area contributed by atoms with Crippen LogP contribution in [0.1, 0.15) is 0 Å². The molecule has 1 heterocycles. The molecule has 0 amide bonds. The summed E-state index contributed by atoms with van der Waals surface area (Å²) in [7, 11) is 0. The van der Waals surface area contributed by atoms with Gasteiger partial charge in [0.2, 0.25) is 0 Å². The summed E-state index contributed by atoms with van der Waals surface area (Å²) in [6.07, 6.45) is 0. The Balaban J connectivity index is 1.05. The second-order valence-corrected chi connectivity index (χ2v) is 17.2. The lowest BCUT2D eigenvalue weighted by molar-refractivity contribution is 0.672. The minimum atomic E-state index is 0.854. The lowest BCUT2D eigenvalue weighted by Gasteiger charge is -2.28. The molecule has 0 spiro atoms. The molecule has 0 fully saturated rings. The summed E-state index contributed by atoms with van der Waals surface area (Å²) in [6.45, 7) is 0. The Morgan fingerprint density at radius 3 is 1.67 bits per heavy atom. The fourth-order valence-electron chi connectivity index (χ4n) is 10.3. The van der Waals surface area contributed by atoms with Gasteiger partial charge in [-0.05, 0) is 131 Å². The maximum Gasteiger partial charge on any atom is 0.143 e. The highest BCUT2D eigenvalue weighted by atomic mass is 16.3. The molecule has 0 aliphatic rings. The molecule has 0 N–H and O–H groups in total. The monoisotopic (exact) mass is 839 g/mol. The highest BCUT2D eigenvalue weighted by molar-refractivity contribution is 6.20. The second kappa shape index (κ2) is 15.5. The number of hydrogen-bond acceptors (Lipinski definition) is 2. The van der Waals surface area contributed by atoms with E-state index < -0.39 is 0 Å². The van der Waals surface area contributed by atoms with E-state index in [9.17, 15) is 0 Å². The summed E-state index contributed by atoms with van der Waals surface area (Å²) in [4.78, 5) is 2.43.